The highest BCUT2D eigenvalue weighted by Gasteiger charge is 2.08. The number of nitrogens with zero attached hydrogens (tertiary/aromatic N) is 2. The van der Waals surface area contributed by atoms with Crippen LogP contribution < -0.4 is 10.1 Å². The van der Waals surface area contributed by atoms with Crippen molar-refractivity contribution in [1.82, 2.24) is 15.3 Å². The Bertz CT molecular complexity index is 725. The first-order valence-electron chi connectivity index (χ1n) is 8.42. The number of thiazole rings is 1. The van der Waals surface area contributed by atoms with E-state index in [1.807, 2.05) is 26.0 Å². The van der Waals surface area contributed by atoms with Gasteiger partial charge in [0.05, 0.1) is 11.1 Å². The number of hydrogen-bond acceptors (Lipinski definition) is 5. The van der Waals surface area contributed by atoms with Crippen molar-refractivity contribution in [3.63, 3.8) is 0 Å². The molecule has 0 aliphatic heterocycles. The van der Waals surface area contributed by atoms with Crippen molar-refractivity contribution < 1.29 is 9.53 Å². The molecule has 0 fully saturated rings. The minimum atomic E-state index is -0.140. The Hall–Kier alpha value is -2.21. The predicted octanol–water partition coefficient (Wildman–Crippen LogP) is 3.99. The maximum Gasteiger partial charge on any atom is 0.244 e. The summed E-state index contributed by atoms with van der Waals surface area (Å²) in [6, 6.07) is 3.74. The van der Waals surface area contributed by atoms with Crippen molar-refractivity contribution in [1.29, 1.82) is 0 Å². The zero-order chi connectivity index (χ0) is 18.2. The molecule has 2 aromatic rings. The van der Waals surface area contributed by atoms with Crippen LogP contribution >= 0.6 is 11.3 Å². The summed E-state index contributed by atoms with van der Waals surface area (Å²) in [5.74, 6) is 1.03. The van der Waals surface area contributed by atoms with E-state index in [1.165, 1.54) is 6.08 Å². The average Bonchev–Trinajstić information content (AvgIpc) is 2.96. The molecule has 134 valence electrons. The molecule has 0 radical (unpaired) electrons. The number of ether oxygens (including phenoxy) is 1. The molecule has 25 heavy (non-hydrogen) atoms. The van der Waals surface area contributed by atoms with Crippen LogP contribution in [-0.2, 0) is 11.3 Å². The summed E-state index contributed by atoms with van der Waals surface area (Å²) in [7, 11) is 0. The number of carbonyl (C=O) groups excluding carboxylic acids is 1. The van der Waals surface area contributed by atoms with Crippen LogP contribution in [0.15, 0.2) is 30.6 Å². The van der Waals surface area contributed by atoms with Gasteiger partial charge in [-0.25, -0.2) is 9.97 Å². The topological polar surface area (TPSA) is 64.1 Å². The van der Waals surface area contributed by atoms with Gasteiger partial charge in [-0.3, -0.25) is 4.79 Å². The van der Waals surface area contributed by atoms with Crippen LogP contribution in [0.1, 0.15) is 42.6 Å². The zero-order valence-electron chi connectivity index (χ0n) is 15.2. The van der Waals surface area contributed by atoms with Crippen molar-refractivity contribution >= 4 is 23.3 Å². The van der Waals surface area contributed by atoms with Crippen LogP contribution in [-0.4, -0.2) is 22.0 Å². The fourth-order valence-electron chi connectivity index (χ4n) is 2.40. The van der Waals surface area contributed by atoms with E-state index in [9.17, 15) is 4.79 Å². The molecule has 0 bridgehead atoms. The second-order valence-electron chi connectivity index (χ2n) is 6.39. The third-order valence-corrected chi connectivity index (χ3v) is 4.31. The lowest BCUT2D eigenvalue weighted by Gasteiger charge is -2.16. The molecule has 0 saturated carbocycles. The third-order valence-electron chi connectivity index (χ3n) is 3.43. The monoisotopic (exact) mass is 359 g/mol. The van der Waals surface area contributed by atoms with Gasteiger partial charge in [0, 0.05) is 36.0 Å². The molecule has 0 aliphatic rings. The number of carbonyl (C=O) groups is 1. The smallest absolute Gasteiger partial charge is 0.244 e. The van der Waals surface area contributed by atoms with E-state index in [1.54, 1.807) is 29.8 Å². The molecule has 0 aliphatic carbocycles. The van der Waals surface area contributed by atoms with Crippen LogP contribution in [0, 0.1) is 12.8 Å². The Morgan fingerprint density at radius 2 is 2.16 bits per heavy atom. The SMILES string of the molecule is Cc1ncc(C=CC(=O)NCc2ccnc(OC(C)CC(C)C)c2)s1. The number of rotatable bonds is 8. The summed E-state index contributed by atoms with van der Waals surface area (Å²) < 4.78 is 5.84. The fraction of sp³-hybridized carbons (Fsp3) is 0.421. The van der Waals surface area contributed by atoms with Crippen LogP contribution in [0.5, 0.6) is 5.88 Å². The minimum absolute atomic E-state index is 0.114. The van der Waals surface area contributed by atoms with Crippen LogP contribution in [0.3, 0.4) is 0 Å². The highest BCUT2D eigenvalue weighted by atomic mass is 32.1. The Kier molecular flexibility index (Phi) is 7.13. The second-order valence-corrected chi connectivity index (χ2v) is 7.66. The standard InChI is InChI=1S/C19H25N3O2S/c1-13(2)9-14(3)24-19-10-16(7-8-20-19)11-22-18(23)6-5-17-12-21-15(4)25-17/h5-8,10,12-14H,9,11H2,1-4H3,(H,22,23). The Morgan fingerprint density at radius 3 is 2.84 bits per heavy atom. The van der Waals surface area contributed by atoms with Gasteiger partial charge in [0.2, 0.25) is 11.8 Å². The molecule has 0 aromatic carbocycles. The Labute approximate surface area is 153 Å². The van der Waals surface area contributed by atoms with Gasteiger partial charge in [0.25, 0.3) is 0 Å². The highest BCUT2D eigenvalue weighted by Crippen LogP contribution is 2.15. The van der Waals surface area contributed by atoms with Gasteiger partial charge in [-0.05, 0) is 43.9 Å². The lowest BCUT2D eigenvalue weighted by atomic mass is 10.1. The Balaban J connectivity index is 1.85. The summed E-state index contributed by atoms with van der Waals surface area (Å²) in [4.78, 5) is 21.3. The van der Waals surface area contributed by atoms with Crippen LogP contribution in [0.25, 0.3) is 6.08 Å². The average molecular weight is 359 g/mol. The third kappa shape index (κ3) is 7.05. The number of amides is 1. The summed E-state index contributed by atoms with van der Waals surface area (Å²) in [6.45, 7) is 8.75. The van der Waals surface area contributed by atoms with Crippen LogP contribution in [0.2, 0.25) is 0 Å². The van der Waals surface area contributed by atoms with Gasteiger partial charge in [-0.15, -0.1) is 11.3 Å². The van der Waals surface area contributed by atoms with Crippen molar-refractivity contribution in [3.8, 4) is 5.88 Å². The van der Waals surface area contributed by atoms with Gasteiger partial charge in [0.1, 0.15) is 0 Å². The summed E-state index contributed by atoms with van der Waals surface area (Å²) in [5, 5.41) is 3.85. The first-order valence-corrected chi connectivity index (χ1v) is 9.24. The van der Waals surface area contributed by atoms with Gasteiger partial charge < -0.3 is 10.1 Å². The van der Waals surface area contributed by atoms with E-state index in [0.29, 0.717) is 18.3 Å². The number of aryl methyl sites for hydroxylation is 1. The molecule has 0 spiro atoms. The van der Waals surface area contributed by atoms with Crippen LogP contribution in [0.4, 0.5) is 0 Å². The fourth-order valence-corrected chi connectivity index (χ4v) is 3.09. The summed E-state index contributed by atoms with van der Waals surface area (Å²) in [5.41, 5.74) is 0.956. The molecule has 1 N–H and O–H groups in total. The van der Waals surface area contributed by atoms with Crippen molar-refractivity contribution in [2.24, 2.45) is 5.92 Å². The van der Waals surface area contributed by atoms with Crippen molar-refractivity contribution in [2.45, 2.75) is 46.8 Å². The molecule has 2 heterocycles. The molecular formula is C19H25N3O2S. The molecule has 5 nitrogen and oxygen atoms in total. The molecule has 2 rings (SSSR count). The van der Waals surface area contributed by atoms with Crippen molar-refractivity contribution in [3.05, 3.63) is 46.1 Å². The molecule has 1 amide bonds. The molecule has 0 saturated heterocycles. The van der Waals surface area contributed by atoms with E-state index in [4.69, 9.17) is 4.74 Å². The van der Waals surface area contributed by atoms with E-state index in [-0.39, 0.29) is 12.0 Å². The van der Waals surface area contributed by atoms with Gasteiger partial charge >= 0.3 is 0 Å². The summed E-state index contributed by atoms with van der Waals surface area (Å²) >= 11 is 1.55. The minimum Gasteiger partial charge on any atom is -0.475 e. The lowest BCUT2D eigenvalue weighted by Crippen LogP contribution is -2.20. The quantitative estimate of drug-likeness (QED) is 0.724. The van der Waals surface area contributed by atoms with Gasteiger partial charge in [-0.1, -0.05) is 13.8 Å². The maximum absolute atomic E-state index is 11.9. The van der Waals surface area contributed by atoms with E-state index in [0.717, 1.165) is 21.9 Å². The lowest BCUT2D eigenvalue weighted by molar-refractivity contribution is -0.116. The second kappa shape index (κ2) is 9.32. The van der Waals surface area contributed by atoms with Gasteiger partial charge in [0.15, 0.2) is 0 Å². The largest absolute Gasteiger partial charge is 0.475 e. The molecule has 6 heteroatoms. The van der Waals surface area contributed by atoms with Crippen molar-refractivity contribution in [2.75, 3.05) is 0 Å². The first kappa shape index (κ1) is 19.1. The molecule has 1 unspecified atom stereocenters. The number of pyridine rings is 1. The highest BCUT2D eigenvalue weighted by molar-refractivity contribution is 7.12. The zero-order valence-corrected chi connectivity index (χ0v) is 16.0. The number of nitrogens with one attached hydrogen (secondary N) is 1. The summed E-state index contributed by atoms with van der Waals surface area (Å²) in [6.07, 6.45) is 7.85. The first-order chi connectivity index (χ1) is 11.9. The molecule has 1 atom stereocenters. The van der Waals surface area contributed by atoms with E-state index in [2.05, 4.69) is 29.1 Å². The van der Waals surface area contributed by atoms with E-state index >= 15 is 0 Å². The predicted molar refractivity (Wildman–Crippen MR) is 102 cm³/mol. The van der Waals surface area contributed by atoms with E-state index < -0.39 is 0 Å². The number of hydrogen-bond donors (Lipinski definition) is 1. The Morgan fingerprint density at radius 1 is 1.36 bits per heavy atom. The van der Waals surface area contributed by atoms with Gasteiger partial charge in [-0.2, -0.15) is 0 Å². The maximum atomic E-state index is 11.9. The molecule has 2 aromatic heterocycles. The molecular weight excluding hydrogens is 334 g/mol. The normalized spacial score (nSPS) is 12.5. The number of aromatic nitrogens is 2.